The van der Waals surface area contributed by atoms with Gasteiger partial charge in [0, 0.05) is 12.2 Å². The van der Waals surface area contributed by atoms with Gasteiger partial charge in [-0.25, -0.2) is 0 Å². The van der Waals surface area contributed by atoms with Gasteiger partial charge >= 0.3 is 0 Å². The van der Waals surface area contributed by atoms with Gasteiger partial charge in [0.25, 0.3) is 0 Å². The second kappa shape index (κ2) is 11.4. The second-order valence-corrected chi connectivity index (χ2v) is 7.95. The van der Waals surface area contributed by atoms with Gasteiger partial charge in [-0.05, 0) is 61.8 Å². The van der Waals surface area contributed by atoms with Crippen molar-refractivity contribution in [2.45, 2.75) is 85.0 Å². The molecule has 0 spiro atoms. The predicted octanol–water partition coefficient (Wildman–Crippen LogP) is 6.97. The number of anilines is 1. The van der Waals surface area contributed by atoms with Crippen LogP contribution in [0.5, 0.6) is 5.75 Å². The van der Waals surface area contributed by atoms with Crippen LogP contribution in [0.2, 0.25) is 0 Å². The molecule has 0 saturated heterocycles. The monoisotopic (exact) mass is 345 g/mol. The number of rotatable bonds is 11. The van der Waals surface area contributed by atoms with Crippen molar-refractivity contribution in [1.82, 2.24) is 0 Å². The fraction of sp³-hybridized carbons (Fsp3) is 0.739. The molecule has 142 valence electrons. The summed E-state index contributed by atoms with van der Waals surface area (Å²) in [7, 11) is 0. The van der Waals surface area contributed by atoms with E-state index in [1.165, 1.54) is 75.5 Å². The molecule has 2 nitrogen and oxygen atoms in total. The Bertz CT molecular complexity index is 477. The van der Waals surface area contributed by atoms with Crippen molar-refractivity contribution < 1.29 is 4.74 Å². The first-order valence-electron chi connectivity index (χ1n) is 10.7. The van der Waals surface area contributed by atoms with E-state index in [0.717, 1.165) is 30.7 Å². The highest BCUT2D eigenvalue weighted by atomic mass is 16.5. The quantitative estimate of drug-likeness (QED) is 0.437. The summed E-state index contributed by atoms with van der Waals surface area (Å²) in [4.78, 5) is 0. The standard InChI is InChI=1S/C23H39NO/c1-4-6-8-9-20-10-12-21(13-11-20)18-25-22-14-15-23(19(3)17-22)24-16-7-5-2/h14-15,17,20-21,24H,4-13,16,18H2,1-3H3/t20-,21-. The molecule has 1 aromatic rings. The van der Waals surface area contributed by atoms with Crippen LogP contribution in [0, 0.1) is 18.8 Å². The fourth-order valence-corrected chi connectivity index (χ4v) is 3.91. The molecule has 1 fully saturated rings. The van der Waals surface area contributed by atoms with Crippen LogP contribution in [0.25, 0.3) is 0 Å². The van der Waals surface area contributed by atoms with Gasteiger partial charge in [-0.15, -0.1) is 0 Å². The zero-order valence-corrected chi connectivity index (χ0v) is 16.8. The van der Waals surface area contributed by atoms with Gasteiger partial charge in [0.1, 0.15) is 5.75 Å². The Morgan fingerprint density at radius 3 is 2.36 bits per heavy atom. The van der Waals surface area contributed by atoms with Crippen LogP contribution in [0.15, 0.2) is 18.2 Å². The van der Waals surface area contributed by atoms with Gasteiger partial charge in [-0.1, -0.05) is 58.8 Å². The van der Waals surface area contributed by atoms with E-state index in [1.807, 2.05) is 0 Å². The predicted molar refractivity (Wildman–Crippen MR) is 110 cm³/mol. The van der Waals surface area contributed by atoms with Gasteiger partial charge in [-0.2, -0.15) is 0 Å². The topological polar surface area (TPSA) is 21.3 Å². The molecule has 1 aliphatic carbocycles. The first-order valence-corrected chi connectivity index (χ1v) is 10.7. The van der Waals surface area contributed by atoms with E-state index in [4.69, 9.17) is 4.74 Å². The third kappa shape index (κ3) is 7.30. The van der Waals surface area contributed by atoms with Crippen molar-refractivity contribution in [1.29, 1.82) is 0 Å². The number of hydrogen-bond acceptors (Lipinski definition) is 2. The third-order valence-electron chi connectivity index (χ3n) is 5.71. The summed E-state index contributed by atoms with van der Waals surface area (Å²) < 4.78 is 6.11. The van der Waals surface area contributed by atoms with Crippen molar-refractivity contribution in [3.05, 3.63) is 23.8 Å². The molecule has 1 aromatic carbocycles. The smallest absolute Gasteiger partial charge is 0.119 e. The first kappa shape index (κ1) is 20.1. The van der Waals surface area contributed by atoms with Crippen LogP contribution < -0.4 is 10.1 Å². The molecule has 0 aliphatic heterocycles. The molecule has 1 saturated carbocycles. The summed E-state index contributed by atoms with van der Waals surface area (Å²) in [6.07, 6.45) is 13.6. The molecule has 0 heterocycles. The molecule has 2 heteroatoms. The average molecular weight is 346 g/mol. The van der Waals surface area contributed by atoms with E-state index >= 15 is 0 Å². The first-order chi connectivity index (χ1) is 12.2. The zero-order valence-electron chi connectivity index (χ0n) is 16.8. The van der Waals surface area contributed by atoms with E-state index in [-0.39, 0.29) is 0 Å². The van der Waals surface area contributed by atoms with Crippen LogP contribution in [0.1, 0.15) is 83.6 Å². The molecular weight excluding hydrogens is 306 g/mol. The highest BCUT2D eigenvalue weighted by Gasteiger charge is 2.21. The van der Waals surface area contributed by atoms with Gasteiger partial charge in [0.15, 0.2) is 0 Å². The average Bonchev–Trinajstić information content (AvgIpc) is 2.63. The number of aryl methyl sites for hydroxylation is 1. The zero-order chi connectivity index (χ0) is 17.9. The lowest BCUT2D eigenvalue weighted by Gasteiger charge is -2.28. The van der Waals surface area contributed by atoms with E-state index in [9.17, 15) is 0 Å². The van der Waals surface area contributed by atoms with Crippen LogP contribution in [-0.2, 0) is 0 Å². The molecule has 0 aromatic heterocycles. The van der Waals surface area contributed by atoms with Crippen molar-refractivity contribution in [2.24, 2.45) is 11.8 Å². The molecule has 0 amide bonds. The van der Waals surface area contributed by atoms with E-state index in [2.05, 4.69) is 44.3 Å². The Labute approximate surface area is 155 Å². The van der Waals surface area contributed by atoms with E-state index in [1.54, 1.807) is 0 Å². The Morgan fingerprint density at radius 1 is 0.960 bits per heavy atom. The molecule has 1 aliphatic rings. The van der Waals surface area contributed by atoms with Crippen molar-refractivity contribution in [3.63, 3.8) is 0 Å². The third-order valence-corrected chi connectivity index (χ3v) is 5.71. The van der Waals surface area contributed by atoms with E-state index < -0.39 is 0 Å². The molecule has 0 atom stereocenters. The summed E-state index contributed by atoms with van der Waals surface area (Å²) in [6, 6.07) is 6.48. The maximum atomic E-state index is 6.11. The Kier molecular flexibility index (Phi) is 9.21. The lowest BCUT2D eigenvalue weighted by atomic mass is 9.80. The van der Waals surface area contributed by atoms with Crippen molar-refractivity contribution in [2.75, 3.05) is 18.5 Å². The summed E-state index contributed by atoms with van der Waals surface area (Å²) in [5.41, 5.74) is 2.53. The Hall–Kier alpha value is -1.18. The van der Waals surface area contributed by atoms with E-state index in [0.29, 0.717) is 0 Å². The van der Waals surface area contributed by atoms with Gasteiger partial charge in [0.05, 0.1) is 6.61 Å². The Morgan fingerprint density at radius 2 is 1.68 bits per heavy atom. The molecule has 0 radical (unpaired) electrons. The minimum absolute atomic E-state index is 0.755. The number of benzene rings is 1. The summed E-state index contributed by atoms with van der Waals surface area (Å²) in [5.74, 6) is 2.77. The number of hydrogen-bond donors (Lipinski definition) is 1. The van der Waals surface area contributed by atoms with Crippen LogP contribution in [0.4, 0.5) is 5.69 Å². The fourth-order valence-electron chi connectivity index (χ4n) is 3.91. The van der Waals surface area contributed by atoms with Gasteiger partial charge < -0.3 is 10.1 Å². The van der Waals surface area contributed by atoms with Gasteiger partial charge in [0.2, 0.25) is 0 Å². The van der Waals surface area contributed by atoms with Crippen LogP contribution >= 0.6 is 0 Å². The number of nitrogens with one attached hydrogen (secondary N) is 1. The maximum absolute atomic E-state index is 6.11. The molecular formula is C23H39NO. The minimum atomic E-state index is 0.755. The lowest BCUT2D eigenvalue weighted by molar-refractivity contribution is 0.177. The highest BCUT2D eigenvalue weighted by molar-refractivity contribution is 5.53. The number of unbranched alkanes of at least 4 members (excludes halogenated alkanes) is 3. The normalized spacial score (nSPS) is 20.4. The summed E-state index contributed by atoms with van der Waals surface area (Å²) in [6.45, 7) is 8.64. The molecule has 1 N–H and O–H groups in total. The molecule has 0 unspecified atom stereocenters. The largest absolute Gasteiger partial charge is 0.493 e. The molecule has 0 bridgehead atoms. The Balaban J connectivity index is 1.68. The lowest BCUT2D eigenvalue weighted by Crippen LogP contribution is -2.20. The summed E-state index contributed by atoms with van der Waals surface area (Å²) in [5, 5.41) is 3.52. The van der Waals surface area contributed by atoms with Crippen LogP contribution in [-0.4, -0.2) is 13.2 Å². The van der Waals surface area contributed by atoms with Crippen molar-refractivity contribution >= 4 is 5.69 Å². The number of ether oxygens (including phenoxy) is 1. The van der Waals surface area contributed by atoms with Crippen molar-refractivity contribution in [3.8, 4) is 5.75 Å². The maximum Gasteiger partial charge on any atom is 0.119 e. The highest BCUT2D eigenvalue weighted by Crippen LogP contribution is 2.32. The van der Waals surface area contributed by atoms with Gasteiger partial charge in [-0.3, -0.25) is 0 Å². The molecule has 25 heavy (non-hydrogen) atoms. The molecule has 2 rings (SSSR count). The summed E-state index contributed by atoms with van der Waals surface area (Å²) >= 11 is 0. The van der Waals surface area contributed by atoms with Crippen LogP contribution in [0.3, 0.4) is 0 Å². The second-order valence-electron chi connectivity index (χ2n) is 7.95. The SMILES string of the molecule is CCCCC[C@H]1CC[C@H](COc2ccc(NCCCC)c(C)c2)CC1. The minimum Gasteiger partial charge on any atom is -0.493 e.